The zero-order valence-electron chi connectivity index (χ0n) is 22.7. The molecule has 0 atom stereocenters. The summed E-state index contributed by atoms with van der Waals surface area (Å²) in [6.07, 6.45) is 4.43. The normalized spacial score (nSPS) is 11.2. The van der Waals surface area contributed by atoms with E-state index in [1.807, 2.05) is 74.5 Å². The number of hydrogen-bond donors (Lipinski definition) is 0. The Morgan fingerprint density at radius 2 is 1.39 bits per heavy atom. The van der Waals surface area contributed by atoms with E-state index in [1.54, 1.807) is 12.1 Å². The zero-order valence-corrected chi connectivity index (χ0v) is 22.7. The third-order valence-electron chi connectivity index (χ3n) is 6.40. The van der Waals surface area contributed by atoms with Gasteiger partial charge in [0.15, 0.2) is 5.78 Å². The lowest BCUT2D eigenvalue weighted by atomic mass is 9.99. The first-order valence-electron chi connectivity index (χ1n) is 13.2. The van der Waals surface area contributed by atoms with Crippen molar-refractivity contribution >= 4 is 34.6 Å². The summed E-state index contributed by atoms with van der Waals surface area (Å²) >= 11 is 0. The van der Waals surface area contributed by atoms with Gasteiger partial charge in [0.05, 0.1) is 0 Å². The summed E-state index contributed by atoms with van der Waals surface area (Å²) in [6.45, 7) is 8.08. The lowest BCUT2D eigenvalue weighted by molar-refractivity contribution is -0.140. The second-order valence-corrected chi connectivity index (χ2v) is 9.24. The molecular formula is C32H36N2O4. The molecule has 0 saturated heterocycles. The first-order chi connectivity index (χ1) is 18.3. The van der Waals surface area contributed by atoms with Crippen molar-refractivity contribution in [2.24, 2.45) is 5.16 Å². The van der Waals surface area contributed by atoms with Gasteiger partial charge in [-0.1, -0.05) is 55.6 Å². The van der Waals surface area contributed by atoms with Gasteiger partial charge in [-0.05, 0) is 80.8 Å². The van der Waals surface area contributed by atoms with E-state index in [4.69, 9.17) is 4.84 Å². The smallest absolute Gasteiger partial charge is 0.331 e. The van der Waals surface area contributed by atoms with E-state index < -0.39 is 5.97 Å². The largest absolute Gasteiger partial charge is 0.342 e. The Kier molecular flexibility index (Phi) is 10.5. The van der Waals surface area contributed by atoms with E-state index in [9.17, 15) is 14.4 Å². The molecule has 0 aliphatic heterocycles. The fraction of sp³-hybridized carbons (Fsp3) is 0.312. The van der Waals surface area contributed by atoms with Gasteiger partial charge in [-0.15, -0.1) is 0 Å². The molecule has 198 valence electrons. The molecule has 0 fully saturated rings. The van der Waals surface area contributed by atoms with Gasteiger partial charge >= 0.3 is 5.97 Å². The Hall–Kier alpha value is -4.06. The molecule has 3 aromatic carbocycles. The van der Waals surface area contributed by atoms with Gasteiger partial charge in [-0.25, -0.2) is 4.79 Å². The number of rotatable bonds is 13. The number of ketones is 2. The molecule has 0 amide bonds. The van der Waals surface area contributed by atoms with Crippen molar-refractivity contribution in [2.45, 2.75) is 59.8 Å². The number of unbranched alkanes of at least 4 members (excludes halogenated alkanes) is 3. The second-order valence-electron chi connectivity index (χ2n) is 9.24. The zero-order chi connectivity index (χ0) is 27.5. The van der Waals surface area contributed by atoms with Crippen molar-refractivity contribution in [3.05, 3.63) is 95.1 Å². The molecule has 0 aliphatic carbocycles. The first kappa shape index (κ1) is 28.5. The van der Waals surface area contributed by atoms with E-state index in [0.717, 1.165) is 42.6 Å². The minimum atomic E-state index is -0.551. The Bertz CT molecular complexity index is 1280. The number of carbonyl (C=O) groups excluding carboxylic acids is 3. The summed E-state index contributed by atoms with van der Waals surface area (Å²) in [5.41, 5.74) is 4.90. The maximum Gasteiger partial charge on any atom is 0.331 e. The minimum absolute atomic E-state index is 0.00137. The van der Waals surface area contributed by atoms with Crippen LogP contribution in [0.2, 0.25) is 0 Å². The fourth-order valence-corrected chi connectivity index (χ4v) is 4.29. The number of Topliss-reactive ketones (excluding diaryl/α,β-unsaturated/α-hetero) is 1. The number of oxime groups is 1. The topological polar surface area (TPSA) is 76.0 Å². The predicted molar refractivity (Wildman–Crippen MR) is 152 cm³/mol. The average molecular weight is 513 g/mol. The highest BCUT2D eigenvalue weighted by atomic mass is 16.7. The number of aryl methyl sites for hydroxylation is 1. The molecule has 0 N–H and O–H groups in total. The number of nitrogens with zero attached hydrogens (tertiary/aromatic N) is 2. The average Bonchev–Trinajstić information content (AvgIpc) is 2.93. The predicted octanol–water partition coefficient (Wildman–Crippen LogP) is 7.46. The highest BCUT2D eigenvalue weighted by Crippen LogP contribution is 2.27. The Morgan fingerprint density at radius 3 is 1.95 bits per heavy atom. The van der Waals surface area contributed by atoms with Crippen molar-refractivity contribution in [1.29, 1.82) is 0 Å². The first-order valence-corrected chi connectivity index (χ1v) is 13.2. The molecule has 6 heteroatoms. The summed E-state index contributed by atoms with van der Waals surface area (Å²) in [4.78, 5) is 44.2. The van der Waals surface area contributed by atoms with Gasteiger partial charge in [-0.3, -0.25) is 9.59 Å². The van der Waals surface area contributed by atoms with E-state index in [1.165, 1.54) is 6.92 Å². The summed E-state index contributed by atoms with van der Waals surface area (Å²) in [7, 11) is 0. The van der Waals surface area contributed by atoms with Gasteiger partial charge in [0, 0.05) is 41.5 Å². The maximum atomic E-state index is 13.1. The number of hydrogen-bond acceptors (Lipinski definition) is 6. The molecule has 0 spiro atoms. The SMILES string of the molecule is CCCCCCC(=NOC(C)=O)C(=O)c1ccc(N(CC)c2ccc(C(=O)c3ccccc3C)cc2)cc1. The van der Waals surface area contributed by atoms with Crippen molar-refractivity contribution in [3.63, 3.8) is 0 Å². The molecule has 0 bridgehead atoms. The Labute approximate surface area is 225 Å². The summed E-state index contributed by atoms with van der Waals surface area (Å²) in [5.74, 6) is -0.790. The van der Waals surface area contributed by atoms with Crippen LogP contribution < -0.4 is 4.90 Å². The van der Waals surface area contributed by atoms with Gasteiger partial charge in [0.2, 0.25) is 5.78 Å². The quantitative estimate of drug-likeness (QED) is 0.0781. The summed E-state index contributed by atoms with van der Waals surface area (Å²) in [6, 6.07) is 22.5. The Balaban J connectivity index is 1.76. The van der Waals surface area contributed by atoms with E-state index in [-0.39, 0.29) is 17.3 Å². The molecule has 0 aliphatic rings. The molecule has 0 heterocycles. The monoisotopic (exact) mass is 512 g/mol. The number of benzene rings is 3. The third-order valence-corrected chi connectivity index (χ3v) is 6.40. The van der Waals surface area contributed by atoms with Crippen LogP contribution in [0.4, 0.5) is 11.4 Å². The van der Waals surface area contributed by atoms with Crippen LogP contribution in [-0.4, -0.2) is 29.8 Å². The molecule has 3 rings (SSSR count). The maximum absolute atomic E-state index is 13.1. The summed E-state index contributed by atoms with van der Waals surface area (Å²) in [5, 5.41) is 3.85. The van der Waals surface area contributed by atoms with Crippen LogP contribution in [0.3, 0.4) is 0 Å². The van der Waals surface area contributed by atoms with Crippen LogP contribution in [0.25, 0.3) is 0 Å². The van der Waals surface area contributed by atoms with Crippen LogP contribution >= 0.6 is 0 Å². The fourth-order valence-electron chi connectivity index (χ4n) is 4.29. The van der Waals surface area contributed by atoms with Gasteiger partial charge < -0.3 is 9.74 Å². The summed E-state index contributed by atoms with van der Waals surface area (Å²) < 4.78 is 0. The molecule has 6 nitrogen and oxygen atoms in total. The van der Waals surface area contributed by atoms with E-state index >= 15 is 0 Å². The molecule has 0 unspecified atom stereocenters. The van der Waals surface area contributed by atoms with Crippen molar-refractivity contribution < 1.29 is 19.2 Å². The standard InChI is InChI=1S/C32H36N2O4/c1-5-7-8-9-14-30(33-38-24(4)35)32(37)26-17-21-28(22-18-26)34(6-2)27-19-15-25(16-20-27)31(36)29-13-11-10-12-23(29)3/h10-13,15-22H,5-9,14H2,1-4H3. The molecular weight excluding hydrogens is 476 g/mol. The molecule has 0 aromatic heterocycles. The third kappa shape index (κ3) is 7.48. The van der Waals surface area contributed by atoms with Crippen molar-refractivity contribution in [3.8, 4) is 0 Å². The highest BCUT2D eigenvalue weighted by Gasteiger charge is 2.17. The van der Waals surface area contributed by atoms with Crippen LogP contribution in [0.5, 0.6) is 0 Å². The number of carbonyl (C=O) groups is 3. The lowest BCUT2D eigenvalue weighted by Crippen LogP contribution is -2.18. The van der Waals surface area contributed by atoms with Crippen molar-refractivity contribution in [2.75, 3.05) is 11.4 Å². The molecule has 0 saturated carbocycles. The minimum Gasteiger partial charge on any atom is -0.342 e. The highest BCUT2D eigenvalue weighted by molar-refractivity contribution is 6.45. The molecule has 3 aromatic rings. The number of anilines is 2. The van der Waals surface area contributed by atoms with Crippen LogP contribution in [0.15, 0.2) is 78.0 Å². The van der Waals surface area contributed by atoms with Crippen LogP contribution in [0, 0.1) is 6.92 Å². The van der Waals surface area contributed by atoms with Gasteiger partial charge in [0.1, 0.15) is 5.71 Å². The van der Waals surface area contributed by atoms with E-state index in [0.29, 0.717) is 29.7 Å². The van der Waals surface area contributed by atoms with E-state index in [2.05, 4.69) is 17.0 Å². The van der Waals surface area contributed by atoms with Crippen molar-refractivity contribution in [1.82, 2.24) is 0 Å². The van der Waals surface area contributed by atoms with Gasteiger partial charge in [-0.2, -0.15) is 0 Å². The second kappa shape index (κ2) is 14.0. The Morgan fingerprint density at radius 1 is 0.789 bits per heavy atom. The molecule has 0 radical (unpaired) electrons. The van der Waals surface area contributed by atoms with Crippen LogP contribution in [-0.2, 0) is 9.63 Å². The van der Waals surface area contributed by atoms with Gasteiger partial charge in [0.25, 0.3) is 0 Å². The lowest BCUT2D eigenvalue weighted by Gasteiger charge is -2.24. The van der Waals surface area contributed by atoms with Crippen LogP contribution in [0.1, 0.15) is 84.7 Å². The molecule has 38 heavy (non-hydrogen) atoms.